The van der Waals surface area contributed by atoms with Gasteiger partial charge in [0.15, 0.2) is 11.7 Å². The number of halogens is 2. The largest absolute Gasteiger partial charge is 0.479 e. The summed E-state index contributed by atoms with van der Waals surface area (Å²) < 4.78 is 1.67. The molecule has 0 aliphatic carbocycles. The van der Waals surface area contributed by atoms with Gasteiger partial charge in [0, 0.05) is 21.8 Å². The van der Waals surface area contributed by atoms with Crippen molar-refractivity contribution in [1.29, 1.82) is 0 Å². The second-order valence-corrected chi connectivity index (χ2v) is 5.84. The molecule has 0 radical (unpaired) electrons. The van der Waals surface area contributed by atoms with E-state index >= 15 is 0 Å². The summed E-state index contributed by atoms with van der Waals surface area (Å²) in [5, 5.41) is 12.4. The van der Waals surface area contributed by atoms with Crippen LogP contribution in [0.4, 0.5) is 0 Å². The number of pyridine rings is 1. The zero-order valence-electron chi connectivity index (χ0n) is 12.1. The lowest BCUT2D eigenvalue weighted by Crippen LogP contribution is -2.34. The normalized spacial score (nSPS) is 12.1. The number of carboxylic acid groups (broad SMARTS) is 1. The molecular weight excluding hydrogens is 353 g/mol. The Bertz CT molecular complexity index is 939. The van der Waals surface area contributed by atoms with Gasteiger partial charge in [-0.2, -0.15) is 0 Å². The first-order valence-corrected chi connectivity index (χ1v) is 7.63. The van der Waals surface area contributed by atoms with Gasteiger partial charge in [-0.05, 0) is 24.3 Å². The molecule has 2 aromatic heterocycles. The minimum atomic E-state index is -1.32. The number of carboxylic acids is 1. The summed E-state index contributed by atoms with van der Waals surface area (Å²) in [4.78, 5) is 28.1. The zero-order valence-corrected chi connectivity index (χ0v) is 13.6. The maximum absolute atomic E-state index is 12.5. The minimum absolute atomic E-state index is 0.131. The Morgan fingerprint density at radius 2 is 2.00 bits per heavy atom. The lowest BCUT2D eigenvalue weighted by Gasteiger charge is -2.16. The third-order valence-corrected chi connectivity index (χ3v) is 4.02. The minimum Gasteiger partial charge on any atom is -0.479 e. The lowest BCUT2D eigenvalue weighted by atomic mass is 10.1. The summed E-state index contributed by atoms with van der Waals surface area (Å²) in [6.07, 6.45) is 3.22. The quantitative estimate of drug-likeness (QED) is 0.745. The number of fused-ring (bicyclic) bond motifs is 1. The van der Waals surface area contributed by atoms with Gasteiger partial charge >= 0.3 is 5.97 Å². The molecule has 0 spiro atoms. The van der Waals surface area contributed by atoms with Crippen molar-refractivity contribution in [2.75, 3.05) is 0 Å². The van der Waals surface area contributed by atoms with E-state index in [1.165, 1.54) is 24.5 Å². The predicted octanol–water partition coefficient (Wildman–Crippen LogP) is 3.20. The third-order valence-electron chi connectivity index (χ3n) is 3.45. The number of rotatable bonds is 4. The lowest BCUT2D eigenvalue weighted by molar-refractivity contribution is -0.139. The van der Waals surface area contributed by atoms with E-state index in [2.05, 4.69) is 10.3 Å². The molecule has 1 aromatic carbocycles. The number of carbonyl (C=O) groups is 2. The average molecular weight is 364 g/mol. The zero-order chi connectivity index (χ0) is 17.3. The van der Waals surface area contributed by atoms with Gasteiger partial charge in [-0.25, -0.2) is 9.78 Å². The Morgan fingerprint density at radius 3 is 2.71 bits per heavy atom. The number of amides is 1. The predicted molar refractivity (Wildman–Crippen MR) is 89.5 cm³/mol. The van der Waals surface area contributed by atoms with E-state index in [0.717, 1.165) is 0 Å². The van der Waals surface area contributed by atoms with Crippen molar-refractivity contribution in [2.45, 2.75) is 6.04 Å². The first-order valence-electron chi connectivity index (χ1n) is 6.87. The van der Waals surface area contributed by atoms with Crippen LogP contribution in [0.15, 0.2) is 48.9 Å². The van der Waals surface area contributed by atoms with Gasteiger partial charge in [0.05, 0.1) is 5.52 Å². The number of nitrogens with one attached hydrogen (secondary N) is 1. The van der Waals surface area contributed by atoms with Gasteiger partial charge in [-0.15, -0.1) is 0 Å². The summed E-state index contributed by atoms with van der Waals surface area (Å²) >= 11 is 11.9. The van der Waals surface area contributed by atoms with Crippen LogP contribution in [0.1, 0.15) is 22.1 Å². The highest BCUT2D eigenvalue weighted by Crippen LogP contribution is 2.27. The molecule has 0 aliphatic heterocycles. The number of aliphatic carboxylic acids is 1. The van der Waals surface area contributed by atoms with Gasteiger partial charge in [-0.3, -0.25) is 4.79 Å². The molecule has 3 rings (SSSR count). The summed E-state index contributed by atoms with van der Waals surface area (Å²) in [6.45, 7) is 0. The maximum atomic E-state index is 12.5. The highest BCUT2D eigenvalue weighted by Gasteiger charge is 2.26. The van der Waals surface area contributed by atoms with Crippen LogP contribution in [0.5, 0.6) is 0 Å². The third kappa shape index (κ3) is 3.06. The highest BCUT2D eigenvalue weighted by atomic mass is 35.5. The number of imidazole rings is 1. The number of carbonyl (C=O) groups excluding carboxylic acids is 1. The number of hydrogen-bond acceptors (Lipinski definition) is 3. The number of aromatic nitrogens is 2. The smallest absolute Gasteiger partial charge is 0.330 e. The van der Waals surface area contributed by atoms with Crippen molar-refractivity contribution in [3.63, 3.8) is 0 Å². The van der Waals surface area contributed by atoms with E-state index in [-0.39, 0.29) is 16.3 Å². The first-order chi connectivity index (χ1) is 11.5. The average Bonchev–Trinajstić information content (AvgIpc) is 2.97. The van der Waals surface area contributed by atoms with E-state index in [1.54, 1.807) is 28.8 Å². The molecule has 0 bridgehead atoms. The van der Waals surface area contributed by atoms with E-state index in [4.69, 9.17) is 23.2 Å². The topological polar surface area (TPSA) is 83.7 Å². The van der Waals surface area contributed by atoms with Gasteiger partial charge in [-0.1, -0.05) is 35.3 Å². The van der Waals surface area contributed by atoms with E-state index in [0.29, 0.717) is 10.5 Å². The Kier molecular flexibility index (Phi) is 4.42. The van der Waals surface area contributed by atoms with Crippen LogP contribution < -0.4 is 5.32 Å². The molecule has 122 valence electrons. The molecular formula is C16H11Cl2N3O3. The fourth-order valence-corrected chi connectivity index (χ4v) is 2.84. The molecule has 0 aliphatic rings. The SMILES string of the molecule is O=C(NC(C(=O)O)c1ccc(Cl)cc1Cl)c1ncn2ccccc12. The van der Waals surface area contributed by atoms with Crippen LogP contribution in [-0.4, -0.2) is 26.4 Å². The molecule has 3 aromatic rings. The van der Waals surface area contributed by atoms with E-state index in [1.807, 2.05) is 0 Å². The summed E-state index contributed by atoms with van der Waals surface area (Å²) in [5.41, 5.74) is 0.943. The molecule has 1 amide bonds. The van der Waals surface area contributed by atoms with Crippen LogP contribution in [0.3, 0.4) is 0 Å². The van der Waals surface area contributed by atoms with Crippen LogP contribution in [0, 0.1) is 0 Å². The van der Waals surface area contributed by atoms with Crippen molar-refractivity contribution in [2.24, 2.45) is 0 Å². The van der Waals surface area contributed by atoms with Crippen LogP contribution in [-0.2, 0) is 4.79 Å². The Morgan fingerprint density at radius 1 is 1.21 bits per heavy atom. The Balaban J connectivity index is 1.94. The van der Waals surface area contributed by atoms with Crippen molar-refractivity contribution >= 4 is 40.6 Å². The van der Waals surface area contributed by atoms with Gasteiger partial charge in [0.1, 0.15) is 6.33 Å². The fraction of sp³-hybridized carbons (Fsp3) is 0.0625. The van der Waals surface area contributed by atoms with E-state index in [9.17, 15) is 14.7 Å². The molecule has 2 N–H and O–H groups in total. The van der Waals surface area contributed by atoms with Crippen molar-refractivity contribution in [3.05, 3.63) is 70.2 Å². The second kappa shape index (κ2) is 6.51. The van der Waals surface area contributed by atoms with E-state index < -0.39 is 17.9 Å². The Labute approximate surface area is 146 Å². The molecule has 24 heavy (non-hydrogen) atoms. The van der Waals surface area contributed by atoms with Gasteiger partial charge in [0.2, 0.25) is 0 Å². The Hall–Kier alpha value is -2.57. The molecule has 1 atom stereocenters. The summed E-state index contributed by atoms with van der Waals surface area (Å²) in [6, 6.07) is 8.36. The fourth-order valence-electron chi connectivity index (χ4n) is 2.33. The molecule has 8 heteroatoms. The van der Waals surface area contributed by atoms with Crippen LogP contribution in [0.2, 0.25) is 10.0 Å². The number of benzene rings is 1. The van der Waals surface area contributed by atoms with Gasteiger partial charge < -0.3 is 14.8 Å². The number of hydrogen-bond donors (Lipinski definition) is 2. The molecule has 0 saturated heterocycles. The highest BCUT2D eigenvalue weighted by molar-refractivity contribution is 6.35. The van der Waals surface area contributed by atoms with Crippen molar-refractivity contribution in [1.82, 2.24) is 14.7 Å². The van der Waals surface area contributed by atoms with Gasteiger partial charge in [0.25, 0.3) is 5.91 Å². The standard InChI is InChI=1S/C16H11Cl2N3O3/c17-9-4-5-10(11(18)7-9)13(16(23)24)20-15(22)14-12-3-1-2-6-21(12)8-19-14/h1-8,13H,(H,20,22)(H,23,24). The maximum Gasteiger partial charge on any atom is 0.330 e. The number of nitrogens with zero attached hydrogens (tertiary/aromatic N) is 2. The van der Waals surface area contributed by atoms with Crippen LogP contribution >= 0.6 is 23.2 Å². The van der Waals surface area contributed by atoms with Crippen molar-refractivity contribution in [3.8, 4) is 0 Å². The molecule has 6 nitrogen and oxygen atoms in total. The first kappa shape index (κ1) is 16.3. The molecule has 1 unspecified atom stereocenters. The summed E-state index contributed by atoms with van der Waals surface area (Å²) in [7, 11) is 0. The monoisotopic (exact) mass is 363 g/mol. The molecule has 0 saturated carbocycles. The second-order valence-electron chi connectivity index (χ2n) is 5.00. The summed E-state index contributed by atoms with van der Waals surface area (Å²) in [5.74, 6) is -1.85. The molecule has 2 heterocycles. The van der Waals surface area contributed by atoms with Crippen LogP contribution in [0.25, 0.3) is 5.52 Å². The van der Waals surface area contributed by atoms with Crippen molar-refractivity contribution < 1.29 is 14.7 Å². The molecule has 0 fully saturated rings.